The SMILES string of the molecule is CCc1cccc(C#C[Si](C)(C)C)c1. The molecule has 0 saturated heterocycles. The zero-order chi connectivity index (χ0) is 10.6. The van der Waals surface area contributed by atoms with Crippen LogP contribution in [0.15, 0.2) is 24.3 Å². The molecule has 0 bridgehead atoms. The molecular weight excluding hydrogens is 184 g/mol. The molecular formula is C13H18Si. The topological polar surface area (TPSA) is 0 Å². The van der Waals surface area contributed by atoms with Crippen molar-refractivity contribution in [3.63, 3.8) is 0 Å². The Hall–Kier alpha value is -1.00. The Morgan fingerprint density at radius 1 is 1.21 bits per heavy atom. The van der Waals surface area contributed by atoms with E-state index in [2.05, 4.69) is 62.3 Å². The third-order valence-corrected chi connectivity index (χ3v) is 2.79. The largest absolute Gasteiger partial charge is 0.129 e. The lowest BCUT2D eigenvalue weighted by molar-refractivity contribution is 1.14. The summed E-state index contributed by atoms with van der Waals surface area (Å²) in [6.45, 7) is 8.97. The zero-order valence-corrected chi connectivity index (χ0v) is 10.5. The van der Waals surface area contributed by atoms with Gasteiger partial charge in [0.1, 0.15) is 8.07 Å². The molecule has 0 saturated carbocycles. The Morgan fingerprint density at radius 3 is 2.50 bits per heavy atom. The van der Waals surface area contributed by atoms with Crippen LogP contribution in [0.2, 0.25) is 19.6 Å². The first kappa shape index (κ1) is 11.1. The fourth-order valence-corrected chi connectivity index (χ4v) is 1.65. The highest BCUT2D eigenvalue weighted by Crippen LogP contribution is 2.05. The monoisotopic (exact) mass is 202 g/mol. The fourth-order valence-electron chi connectivity index (χ4n) is 1.13. The minimum atomic E-state index is -1.23. The van der Waals surface area contributed by atoms with Crippen molar-refractivity contribution >= 4 is 8.07 Å². The van der Waals surface area contributed by atoms with Crippen molar-refractivity contribution in [2.24, 2.45) is 0 Å². The number of benzene rings is 1. The molecule has 0 aliphatic carbocycles. The van der Waals surface area contributed by atoms with E-state index in [0.717, 1.165) is 12.0 Å². The Balaban J connectivity index is 2.90. The van der Waals surface area contributed by atoms with E-state index in [-0.39, 0.29) is 0 Å². The van der Waals surface area contributed by atoms with Crippen LogP contribution in [0.5, 0.6) is 0 Å². The molecule has 0 aliphatic rings. The lowest BCUT2D eigenvalue weighted by Gasteiger charge is -2.03. The van der Waals surface area contributed by atoms with Crippen LogP contribution < -0.4 is 0 Å². The fraction of sp³-hybridized carbons (Fsp3) is 0.385. The van der Waals surface area contributed by atoms with Gasteiger partial charge in [0.05, 0.1) is 0 Å². The van der Waals surface area contributed by atoms with Crippen molar-refractivity contribution in [2.75, 3.05) is 0 Å². The normalized spacial score (nSPS) is 10.6. The van der Waals surface area contributed by atoms with Crippen molar-refractivity contribution in [3.8, 4) is 11.5 Å². The highest BCUT2D eigenvalue weighted by Gasteiger charge is 2.07. The third-order valence-electron chi connectivity index (χ3n) is 1.92. The first-order chi connectivity index (χ1) is 6.51. The van der Waals surface area contributed by atoms with Gasteiger partial charge in [0, 0.05) is 5.56 Å². The first-order valence-corrected chi connectivity index (χ1v) is 8.63. The van der Waals surface area contributed by atoms with Crippen LogP contribution in [0.1, 0.15) is 18.1 Å². The summed E-state index contributed by atoms with van der Waals surface area (Å²) in [7, 11) is -1.23. The van der Waals surface area contributed by atoms with Crippen LogP contribution in [0.3, 0.4) is 0 Å². The summed E-state index contributed by atoms with van der Waals surface area (Å²) in [5.74, 6) is 3.27. The van der Waals surface area contributed by atoms with Crippen molar-refractivity contribution < 1.29 is 0 Å². The van der Waals surface area contributed by atoms with Gasteiger partial charge >= 0.3 is 0 Å². The highest BCUT2D eigenvalue weighted by atomic mass is 28.3. The summed E-state index contributed by atoms with van der Waals surface area (Å²) >= 11 is 0. The lowest BCUT2D eigenvalue weighted by Crippen LogP contribution is -2.16. The number of hydrogen-bond donors (Lipinski definition) is 0. The predicted octanol–water partition coefficient (Wildman–Crippen LogP) is 3.48. The molecule has 0 atom stereocenters. The molecule has 0 heterocycles. The minimum Gasteiger partial charge on any atom is -0.127 e. The van der Waals surface area contributed by atoms with E-state index < -0.39 is 8.07 Å². The predicted molar refractivity (Wildman–Crippen MR) is 66.0 cm³/mol. The van der Waals surface area contributed by atoms with Crippen LogP contribution in [0.25, 0.3) is 0 Å². The lowest BCUT2D eigenvalue weighted by atomic mass is 10.1. The molecule has 0 aromatic heterocycles. The number of rotatable bonds is 1. The van der Waals surface area contributed by atoms with E-state index in [1.165, 1.54) is 5.56 Å². The van der Waals surface area contributed by atoms with Crippen LogP contribution in [0.4, 0.5) is 0 Å². The second-order valence-corrected chi connectivity index (χ2v) is 9.30. The molecule has 0 aliphatic heterocycles. The molecule has 0 amide bonds. The first-order valence-electron chi connectivity index (χ1n) is 5.13. The van der Waals surface area contributed by atoms with Crippen LogP contribution >= 0.6 is 0 Å². The molecule has 0 radical (unpaired) electrons. The molecule has 1 aromatic carbocycles. The Kier molecular flexibility index (Phi) is 3.54. The van der Waals surface area contributed by atoms with Crippen LogP contribution in [-0.2, 0) is 6.42 Å². The molecule has 0 N–H and O–H groups in total. The second kappa shape index (κ2) is 4.48. The van der Waals surface area contributed by atoms with Gasteiger partial charge in [0.2, 0.25) is 0 Å². The van der Waals surface area contributed by atoms with Crippen molar-refractivity contribution in [1.82, 2.24) is 0 Å². The average Bonchev–Trinajstić information content (AvgIpc) is 2.14. The van der Waals surface area contributed by atoms with E-state index in [9.17, 15) is 0 Å². The maximum Gasteiger partial charge on any atom is 0.129 e. The maximum absolute atomic E-state index is 3.38. The summed E-state index contributed by atoms with van der Waals surface area (Å²) in [4.78, 5) is 0. The molecule has 0 unspecified atom stereocenters. The highest BCUT2D eigenvalue weighted by molar-refractivity contribution is 6.83. The number of aryl methyl sites for hydroxylation is 1. The third kappa shape index (κ3) is 3.80. The van der Waals surface area contributed by atoms with Crippen LogP contribution in [-0.4, -0.2) is 8.07 Å². The van der Waals surface area contributed by atoms with E-state index >= 15 is 0 Å². The Morgan fingerprint density at radius 2 is 1.93 bits per heavy atom. The van der Waals surface area contributed by atoms with Gasteiger partial charge in [0.25, 0.3) is 0 Å². The van der Waals surface area contributed by atoms with Gasteiger partial charge < -0.3 is 0 Å². The smallest absolute Gasteiger partial charge is 0.127 e. The van der Waals surface area contributed by atoms with E-state index in [1.54, 1.807) is 0 Å². The quantitative estimate of drug-likeness (QED) is 0.483. The van der Waals surface area contributed by atoms with Gasteiger partial charge in [-0.1, -0.05) is 44.6 Å². The molecule has 1 rings (SSSR count). The minimum absolute atomic E-state index is 1.09. The van der Waals surface area contributed by atoms with E-state index in [0.29, 0.717) is 0 Å². The van der Waals surface area contributed by atoms with Gasteiger partial charge in [-0.3, -0.25) is 0 Å². The molecule has 0 nitrogen and oxygen atoms in total. The molecule has 0 fully saturated rings. The summed E-state index contributed by atoms with van der Waals surface area (Å²) < 4.78 is 0. The average molecular weight is 202 g/mol. The van der Waals surface area contributed by atoms with Gasteiger partial charge in [-0.15, -0.1) is 5.54 Å². The summed E-state index contributed by atoms with van der Waals surface area (Å²) in [6.07, 6.45) is 1.09. The van der Waals surface area contributed by atoms with Gasteiger partial charge in [0.15, 0.2) is 0 Å². The van der Waals surface area contributed by atoms with Crippen molar-refractivity contribution in [2.45, 2.75) is 33.0 Å². The molecule has 14 heavy (non-hydrogen) atoms. The molecule has 0 spiro atoms. The van der Waals surface area contributed by atoms with Crippen molar-refractivity contribution in [3.05, 3.63) is 35.4 Å². The maximum atomic E-state index is 3.38. The van der Waals surface area contributed by atoms with Crippen LogP contribution in [0, 0.1) is 11.5 Å². The summed E-state index contributed by atoms with van der Waals surface area (Å²) in [6, 6.07) is 8.52. The van der Waals surface area contributed by atoms with Crippen molar-refractivity contribution in [1.29, 1.82) is 0 Å². The standard InChI is InChI=1S/C13H18Si/c1-5-12-7-6-8-13(11-12)9-10-14(2,3)4/h6-8,11H,5H2,1-4H3. The number of hydrogen-bond acceptors (Lipinski definition) is 0. The summed E-state index contributed by atoms with van der Waals surface area (Å²) in [5, 5.41) is 0. The van der Waals surface area contributed by atoms with Gasteiger partial charge in [-0.25, -0.2) is 0 Å². The second-order valence-electron chi connectivity index (χ2n) is 4.55. The molecule has 74 valence electrons. The molecule has 1 heteroatoms. The Labute approximate surface area is 88.4 Å². The van der Waals surface area contributed by atoms with Gasteiger partial charge in [-0.05, 0) is 24.1 Å². The van der Waals surface area contributed by atoms with E-state index in [4.69, 9.17) is 0 Å². The summed E-state index contributed by atoms with van der Waals surface area (Å²) in [5.41, 5.74) is 5.91. The molecule has 1 aromatic rings. The Bertz CT molecular complexity index is 361. The van der Waals surface area contributed by atoms with E-state index in [1.807, 2.05) is 0 Å². The zero-order valence-electron chi connectivity index (χ0n) is 9.52. The van der Waals surface area contributed by atoms with Gasteiger partial charge in [-0.2, -0.15) is 0 Å².